The minimum absolute atomic E-state index is 0.0132. The number of rotatable bonds is 4. The highest BCUT2D eigenvalue weighted by Crippen LogP contribution is 2.21. The van der Waals surface area contributed by atoms with Crippen molar-refractivity contribution in [2.75, 3.05) is 11.9 Å². The van der Waals surface area contributed by atoms with Crippen molar-refractivity contribution in [3.63, 3.8) is 0 Å². The molecule has 0 heterocycles. The molecule has 1 unspecified atom stereocenters. The second-order valence-corrected chi connectivity index (χ2v) is 4.65. The third kappa shape index (κ3) is 3.32. The van der Waals surface area contributed by atoms with Gasteiger partial charge < -0.3 is 11.1 Å². The molecule has 3 nitrogen and oxygen atoms in total. The average molecular weight is 285 g/mol. The molecule has 1 atom stereocenters. The van der Waals surface area contributed by atoms with E-state index in [1.165, 1.54) is 0 Å². The van der Waals surface area contributed by atoms with Gasteiger partial charge in [0.25, 0.3) is 0 Å². The Hall–Kier alpha value is -0.870. The normalized spacial score (nSPS) is 12.2. The number of anilines is 1. The first-order valence-corrected chi connectivity index (χ1v) is 6.14. The molecule has 3 N–H and O–H groups in total. The van der Waals surface area contributed by atoms with Gasteiger partial charge >= 0.3 is 0 Å². The van der Waals surface area contributed by atoms with Gasteiger partial charge in [-0.1, -0.05) is 28.9 Å². The summed E-state index contributed by atoms with van der Waals surface area (Å²) in [4.78, 5) is 11.8. The van der Waals surface area contributed by atoms with Gasteiger partial charge in [-0.25, -0.2) is 0 Å². The lowest BCUT2D eigenvalue weighted by Crippen LogP contribution is -2.28. The Kier molecular flexibility index (Phi) is 4.96. The van der Waals surface area contributed by atoms with Crippen LogP contribution in [0.15, 0.2) is 22.7 Å². The highest BCUT2D eigenvalue weighted by Gasteiger charge is 2.14. The first-order valence-electron chi connectivity index (χ1n) is 5.35. The number of amides is 1. The fourth-order valence-electron chi connectivity index (χ4n) is 1.37. The molecule has 88 valence electrons. The number of benzene rings is 1. The molecule has 0 saturated carbocycles. The van der Waals surface area contributed by atoms with Gasteiger partial charge in [0.1, 0.15) is 0 Å². The van der Waals surface area contributed by atoms with E-state index in [2.05, 4.69) is 21.2 Å². The maximum atomic E-state index is 11.8. The van der Waals surface area contributed by atoms with Crippen LogP contribution in [0.2, 0.25) is 0 Å². The van der Waals surface area contributed by atoms with Crippen molar-refractivity contribution in [1.29, 1.82) is 0 Å². The monoisotopic (exact) mass is 284 g/mol. The smallest absolute Gasteiger partial charge is 0.228 e. The van der Waals surface area contributed by atoms with Crippen LogP contribution in [0.3, 0.4) is 0 Å². The first-order chi connectivity index (χ1) is 7.58. The van der Waals surface area contributed by atoms with Gasteiger partial charge in [-0.3, -0.25) is 4.79 Å². The number of nitrogens with one attached hydrogen (secondary N) is 1. The van der Waals surface area contributed by atoms with Gasteiger partial charge in [0.15, 0.2) is 0 Å². The van der Waals surface area contributed by atoms with E-state index in [1.807, 2.05) is 32.0 Å². The molecule has 1 aromatic carbocycles. The van der Waals surface area contributed by atoms with Crippen LogP contribution in [0.4, 0.5) is 5.69 Å². The van der Waals surface area contributed by atoms with E-state index in [0.717, 1.165) is 22.1 Å². The predicted molar refractivity (Wildman–Crippen MR) is 70.3 cm³/mol. The molecule has 0 aliphatic heterocycles. The number of halogens is 1. The van der Waals surface area contributed by atoms with Crippen LogP contribution in [-0.2, 0) is 4.79 Å². The maximum absolute atomic E-state index is 11.8. The molecule has 0 fully saturated rings. The lowest BCUT2D eigenvalue weighted by molar-refractivity contribution is -0.119. The molecule has 0 aliphatic rings. The zero-order chi connectivity index (χ0) is 12.1. The Morgan fingerprint density at radius 1 is 1.56 bits per heavy atom. The van der Waals surface area contributed by atoms with E-state index in [4.69, 9.17) is 5.73 Å². The molecule has 1 aromatic rings. The van der Waals surface area contributed by atoms with Crippen molar-refractivity contribution in [2.24, 2.45) is 11.7 Å². The van der Waals surface area contributed by atoms with Gasteiger partial charge in [-0.05, 0) is 31.0 Å². The SMILES string of the molecule is CCC(CN)C(=O)Nc1ccc(C)c(Br)c1. The van der Waals surface area contributed by atoms with Crippen molar-refractivity contribution < 1.29 is 4.79 Å². The van der Waals surface area contributed by atoms with Crippen LogP contribution in [0.25, 0.3) is 0 Å². The molecule has 0 aromatic heterocycles. The molecule has 16 heavy (non-hydrogen) atoms. The summed E-state index contributed by atoms with van der Waals surface area (Å²) in [5.41, 5.74) is 7.46. The Morgan fingerprint density at radius 3 is 2.75 bits per heavy atom. The number of nitrogens with two attached hydrogens (primary N) is 1. The molecular formula is C12H17BrN2O. The largest absolute Gasteiger partial charge is 0.330 e. The van der Waals surface area contributed by atoms with Crippen LogP contribution < -0.4 is 11.1 Å². The average Bonchev–Trinajstić information content (AvgIpc) is 2.25. The summed E-state index contributed by atoms with van der Waals surface area (Å²) in [5, 5.41) is 2.86. The molecular weight excluding hydrogens is 268 g/mol. The van der Waals surface area contributed by atoms with Crippen LogP contribution >= 0.6 is 15.9 Å². The van der Waals surface area contributed by atoms with Crippen LogP contribution in [0.1, 0.15) is 18.9 Å². The number of hydrogen-bond acceptors (Lipinski definition) is 2. The number of hydrogen-bond donors (Lipinski definition) is 2. The lowest BCUT2D eigenvalue weighted by Gasteiger charge is -2.13. The molecule has 1 amide bonds. The topological polar surface area (TPSA) is 55.1 Å². The molecule has 0 bridgehead atoms. The lowest BCUT2D eigenvalue weighted by atomic mass is 10.1. The first kappa shape index (κ1) is 13.2. The number of carbonyl (C=O) groups excluding carboxylic acids is 1. The van der Waals surface area contributed by atoms with Crippen LogP contribution in [0.5, 0.6) is 0 Å². The van der Waals surface area contributed by atoms with E-state index in [9.17, 15) is 4.79 Å². The number of aryl methyl sites for hydroxylation is 1. The minimum Gasteiger partial charge on any atom is -0.330 e. The van der Waals surface area contributed by atoms with Crippen molar-refractivity contribution in [3.05, 3.63) is 28.2 Å². The fourth-order valence-corrected chi connectivity index (χ4v) is 1.75. The van der Waals surface area contributed by atoms with Crippen LogP contribution in [0, 0.1) is 12.8 Å². The van der Waals surface area contributed by atoms with Crippen molar-refractivity contribution in [2.45, 2.75) is 20.3 Å². The van der Waals surface area contributed by atoms with Gasteiger partial charge in [-0.15, -0.1) is 0 Å². The van der Waals surface area contributed by atoms with Gasteiger partial charge in [0.2, 0.25) is 5.91 Å². The molecule has 0 saturated heterocycles. The third-order valence-electron chi connectivity index (χ3n) is 2.59. The van der Waals surface area contributed by atoms with Crippen molar-refractivity contribution >= 4 is 27.5 Å². The second-order valence-electron chi connectivity index (χ2n) is 3.79. The molecule has 4 heteroatoms. The van der Waals surface area contributed by atoms with E-state index in [-0.39, 0.29) is 11.8 Å². The summed E-state index contributed by atoms with van der Waals surface area (Å²) in [6.07, 6.45) is 0.759. The van der Waals surface area contributed by atoms with E-state index >= 15 is 0 Å². The summed E-state index contributed by atoms with van der Waals surface area (Å²) in [6.45, 7) is 4.35. The molecule has 0 radical (unpaired) electrons. The van der Waals surface area contributed by atoms with Gasteiger partial charge in [-0.2, -0.15) is 0 Å². The minimum atomic E-state index is -0.111. The van der Waals surface area contributed by atoms with E-state index in [0.29, 0.717) is 6.54 Å². The summed E-state index contributed by atoms with van der Waals surface area (Å²) in [7, 11) is 0. The Morgan fingerprint density at radius 2 is 2.25 bits per heavy atom. The summed E-state index contributed by atoms with van der Waals surface area (Å²) >= 11 is 3.43. The number of carbonyl (C=O) groups is 1. The zero-order valence-electron chi connectivity index (χ0n) is 9.59. The molecule has 0 spiro atoms. The summed E-state index contributed by atoms with van der Waals surface area (Å²) < 4.78 is 0.992. The summed E-state index contributed by atoms with van der Waals surface area (Å²) in [6, 6.07) is 5.75. The molecule has 1 rings (SSSR count). The fraction of sp³-hybridized carbons (Fsp3) is 0.417. The molecule has 0 aliphatic carbocycles. The Bertz CT molecular complexity index is 375. The van der Waals surface area contributed by atoms with Crippen molar-refractivity contribution in [1.82, 2.24) is 0 Å². The van der Waals surface area contributed by atoms with Crippen molar-refractivity contribution in [3.8, 4) is 0 Å². The quantitative estimate of drug-likeness (QED) is 0.893. The Labute approximate surface area is 105 Å². The standard InChI is InChI=1S/C12H17BrN2O/c1-3-9(7-14)12(16)15-10-5-4-8(2)11(13)6-10/h4-6,9H,3,7,14H2,1-2H3,(H,15,16). The van der Waals surface area contributed by atoms with Gasteiger partial charge in [0.05, 0.1) is 5.92 Å². The summed E-state index contributed by atoms with van der Waals surface area (Å²) in [5.74, 6) is -0.124. The van der Waals surface area contributed by atoms with Crippen LogP contribution in [-0.4, -0.2) is 12.5 Å². The second kappa shape index (κ2) is 6.01. The predicted octanol–water partition coefficient (Wildman–Crippen LogP) is 2.68. The Balaban J connectivity index is 2.73. The highest BCUT2D eigenvalue weighted by atomic mass is 79.9. The van der Waals surface area contributed by atoms with Gasteiger partial charge in [0, 0.05) is 16.7 Å². The highest BCUT2D eigenvalue weighted by molar-refractivity contribution is 9.10. The van der Waals surface area contributed by atoms with E-state index in [1.54, 1.807) is 0 Å². The zero-order valence-corrected chi connectivity index (χ0v) is 11.2. The van der Waals surface area contributed by atoms with E-state index < -0.39 is 0 Å². The maximum Gasteiger partial charge on any atom is 0.228 e. The third-order valence-corrected chi connectivity index (χ3v) is 3.44.